The lowest BCUT2D eigenvalue weighted by Crippen LogP contribution is -2.28. The van der Waals surface area contributed by atoms with Gasteiger partial charge < -0.3 is 5.32 Å². The third kappa shape index (κ3) is 4.70. The van der Waals surface area contributed by atoms with Crippen LogP contribution >= 0.6 is 0 Å². The Bertz CT molecular complexity index is 854. The van der Waals surface area contributed by atoms with Gasteiger partial charge in [-0.05, 0) is 28.7 Å². The Morgan fingerprint density at radius 2 is 1.38 bits per heavy atom. The zero-order valence-corrected chi connectivity index (χ0v) is 14.9. The van der Waals surface area contributed by atoms with Crippen molar-refractivity contribution in [3.8, 4) is 0 Å². The van der Waals surface area contributed by atoms with E-state index in [2.05, 4.69) is 24.4 Å². The minimum Gasteiger partial charge on any atom is -0.351 e. The number of benzene rings is 3. The van der Waals surface area contributed by atoms with Gasteiger partial charge in [-0.3, -0.25) is 4.79 Å². The molecule has 2 heteroatoms. The lowest BCUT2D eigenvalue weighted by molar-refractivity contribution is -0.115. The van der Waals surface area contributed by atoms with Crippen molar-refractivity contribution in [2.24, 2.45) is 0 Å². The lowest BCUT2D eigenvalue weighted by atomic mass is 9.99. The third-order valence-electron chi connectivity index (χ3n) is 4.38. The molecule has 0 saturated heterocycles. The molecule has 0 bridgehead atoms. The molecule has 0 radical (unpaired) electrons. The quantitative estimate of drug-likeness (QED) is 0.488. The van der Waals surface area contributed by atoms with Crippen LogP contribution in [0.4, 0.5) is 0 Å². The molecule has 0 heterocycles. The van der Waals surface area contributed by atoms with Gasteiger partial charge in [0.25, 0.3) is 5.91 Å². The van der Waals surface area contributed by atoms with Crippen molar-refractivity contribution in [1.82, 2.24) is 5.32 Å². The van der Waals surface area contributed by atoms with Crippen LogP contribution in [0, 0.1) is 0 Å². The van der Waals surface area contributed by atoms with Crippen molar-refractivity contribution in [3.63, 3.8) is 0 Å². The molecule has 0 aliphatic carbocycles. The molecule has 3 aromatic carbocycles. The summed E-state index contributed by atoms with van der Waals surface area (Å²) in [6.45, 7) is 2.72. The third-order valence-corrected chi connectivity index (χ3v) is 4.38. The Morgan fingerprint density at radius 3 is 2.00 bits per heavy atom. The Labute approximate surface area is 155 Å². The highest BCUT2D eigenvalue weighted by Crippen LogP contribution is 2.19. The minimum atomic E-state index is -0.0529. The standard InChI is InChI=1S/C24H23NO/c1-19(21-13-7-3-8-14-21)18-25-24(26)23(22-15-9-4-10-16-22)17-20-11-5-2-6-12-20/h2-17,19H,18H2,1H3,(H,25,26)/b23-17+/t19-/m0/s1. The number of carbonyl (C=O) groups excluding carboxylic acids is 1. The van der Waals surface area contributed by atoms with Gasteiger partial charge >= 0.3 is 0 Å². The fourth-order valence-electron chi connectivity index (χ4n) is 2.85. The number of hydrogen-bond acceptors (Lipinski definition) is 1. The second-order valence-corrected chi connectivity index (χ2v) is 6.36. The highest BCUT2D eigenvalue weighted by molar-refractivity contribution is 6.24. The number of carbonyl (C=O) groups is 1. The zero-order chi connectivity index (χ0) is 18.2. The van der Waals surface area contributed by atoms with E-state index in [1.807, 2.05) is 84.9 Å². The summed E-state index contributed by atoms with van der Waals surface area (Å²) in [7, 11) is 0. The molecule has 2 nitrogen and oxygen atoms in total. The maximum atomic E-state index is 12.9. The monoisotopic (exact) mass is 341 g/mol. The second kappa shape index (κ2) is 8.82. The highest BCUT2D eigenvalue weighted by Gasteiger charge is 2.13. The average molecular weight is 341 g/mol. The number of hydrogen-bond donors (Lipinski definition) is 1. The van der Waals surface area contributed by atoms with E-state index in [0.717, 1.165) is 11.1 Å². The maximum absolute atomic E-state index is 12.9. The summed E-state index contributed by atoms with van der Waals surface area (Å²) in [6, 6.07) is 30.0. The fraction of sp³-hybridized carbons (Fsp3) is 0.125. The minimum absolute atomic E-state index is 0.0529. The van der Waals surface area contributed by atoms with Crippen molar-refractivity contribution < 1.29 is 4.79 Å². The molecule has 0 unspecified atom stereocenters. The molecule has 0 fully saturated rings. The summed E-state index contributed by atoms with van der Waals surface area (Å²) in [5.41, 5.74) is 3.83. The van der Waals surface area contributed by atoms with E-state index in [1.165, 1.54) is 5.56 Å². The average Bonchev–Trinajstić information content (AvgIpc) is 2.72. The number of nitrogens with one attached hydrogen (secondary N) is 1. The van der Waals surface area contributed by atoms with Crippen LogP contribution in [-0.2, 0) is 4.79 Å². The Hall–Kier alpha value is -3.13. The molecule has 0 aliphatic rings. The summed E-state index contributed by atoms with van der Waals surface area (Å²) in [6.07, 6.45) is 1.94. The van der Waals surface area contributed by atoms with Crippen LogP contribution < -0.4 is 5.32 Å². The van der Waals surface area contributed by atoms with Gasteiger partial charge in [-0.25, -0.2) is 0 Å². The van der Waals surface area contributed by atoms with Crippen LogP contribution in [-0.4, -0.2) is 12.5 Å². The molecule has 26 heavy (non-hydrogen) atoms. The smallest absolute Gasteiger partial charge is 0.251 e. The summed E-state index contributed by atoms with van der Waals surface area (Å²) in [4.78, 5) is 12.9. The van der Waals surface area contributed by atoms with Gasteiger partial charge in [0.05, 0.1) is 0 Å². The highest BCUT2D eigenvalue weighted by atomic mass is 16.1. The van der Waals surface area contributed by atoms with Crippen LogP contribution in [0.1, 0.15) is 29.5 Å². The van der Waals surface area contributed by atoms with Gasteiger partial charge in [0.1, 0.15) is 0 Å². The zero-order valence-electron chi connectivity index (χ0n) is 14.9. The molecule has 0 aromatic heterocycles. The Balaban J connectivity index is 1.78. The van der Waals surface area contributed by atoms with Gasteiger partial charge in [0.2, 0.25) is 0 Å². The van der Waals surface area contributed by atoms with Crippen molar-refractivity contribution in [1.29, 1.82) is 0 Å². The Morgan fingerprint density at radius 1 is 0.846 bits per heavy atom. The van der Waals surface area contributed by atoms with Gasteiger partial charge in [0.15, 0.2) is 0 Å². The van der Waals surface area contributed by atoms with Crippen LogP contribution in [0.2, 0.25) is 0 Å². The molecular formula is C24H23NO. The van der Waals surface area contributed by atoms with E-state index in [0.29, 0.717) is 12.1 Å². The second-order valence-electron chi connectivity index (χ2n) is 6.36. The number of rotatable bonds is 6. The van der Waals surface area contributed by atoms with Gasteiger partial charge in [-0.15, -0.1) is 0 Å². The van der Waals surface area contributed by atoms with Crippen LogP contribution in [0.5, 0.6) is 0 Å². The number of amides is 1. The van der Waals surface area contributed by atoms with E-state index >= 15 is 0 Å². The molecule has 0 spiro atoms. The first-order valence-electron chi connectivity index (χ1n) is 8.89. The van der Waals surface area contributed by atoms with Gasteiger partial charge in [-0.1, -0.05) is 97.9 Å². The van der Waals surface area contributed by atoms with Crippen molar-refractivity contribution >= 4 is 17.6 Å². The molecule has 1 N–H and O–H groups in total. The van der Waals surface area contributed by atoms with Gasteiger partial charge in [-0.2, -0.15) is 0 Å². The van der Waals surface area contributed by atoms with E-state index in [4.69, 9.17) is 0 Å². The summed E-state index contributed by atoms with van der Waals surface area (Å²) in [5, 5.41) is 3.09. The summed E-state index contributed by atoms with van der Waals surface area (Å²) < 4.78 is 0. The fourth-order valence-corrected chi connectivity index (χ4v) is 2.85. The van der Waals surface area contributed by atoms with E-state index in [-0.39, 0.29) is 11.8 Å². The molecule has 1 amide bonds. The topological polar surface area (TPSA) is 29.1 Å². The normalized spacial score (nSPS) is 12.4. The van der Waals surface area contributed by atoms with Crippen LogP contribution in [0.3, 0.4) is 0 Å². The Kier molecular flexibility index (Phi) is 6.00. The first-order chi connectivity index (χ1) is 12.7. The predicted molar refractivity (Wildman–Crippen MR) is 109 cm³/mol. The molecule has 0 aliphatic heterocycles. The van der Waals surface area contributed by atoms with Crippen molar-refractivity contribution in [2.45, 2.75) is 12.8 Å². The largest absolute Gasteiger partial charge is 0.351 e. The molecule has 1 atom stereocenters. The maximum Gasteiger partial charge on any atom is 0.251 e. The first-order valence-corrected chi connectivity index (χ1v) is 8.89. The van der Waals surface area contributed by atoms with Crippen molar-refractivity contribution in [2.75, 3.05) is 6.54 Å². The van der Waals surface area contributed by atoms with Crippen LogP contribution in [0.15, 0.2) is 91.0 Å². The van der Waals surface area contributed by atoms with E-state index in [9.17, 15) is 4.79 Å². The van der Waals surface area contributed by atoms with E-state index < -0.39 is 0 Å². The summed E-state index contributed by atoms with van der Waals surface area (Å²) in [5.74, 6) is 0.205. The molecule has 130 valence electrons. The molecular weight excluding hydrogens is 318 g/mol. The van der Waals surface area contributed by atoms with E-state index in [1.54, 1.807) is 0 Å². The predicted octanol–water partition coefficient (Wildman–Crippen LogP) is 5.15. The molecule has 0 saturated carbocycles. The molecule has 3 rings (SSSR count). The lowest BCUT2D eigenvalue weighted by Gasteiger charge is -2.15. The van der Waals surface area contributed by atoms with Crippen molar-refractivity contribution in [3.05, 3.63) is 108 Å². The summed E-state index contributed by atoms with van der Waals surface area (Å²) >= 11 is 0. The van der Waals surface area contributed by atoms with Crippen LogP contribution in [0.25, 0.3) is 11.6 Å². The molecule has 3 aromatic rings. The van der Waals surface area contributed by atoms with Gasteiger partial charge in [0, 0.05) is 12.1 Å². The first kappa shape index (κ1) is 17.7. The SMILES string of the molecule is C[C@@H](CNC(=O)/C(=C/c1ccccc1)c1ccccc1)c1ccccc1.